The molecule has 0 heterocycles. The van der Waals surface area contributed by atoms with Crippen LogP contribution in [0.25, 0.3) is 6.08 Å². The predicted octanol–water partition coefficient (Wildman–Crippen LogP) is 1.87. The minimum absolute atomic E-state index is 0.0818. The van der Waals surface area contributed by atoms with E-state index in [4.69, 9.17) is 4.74 Å². The molecule has 0 bridgehead atoms. The number of hydrogen-bond acceptors (Lipinski definition) is 7. The van der Waals surface area contributed by atoms with Crippen LogP contribution in [0, 0.1) is 0 Å². The van der Waals surface area contributed by atoms with Gasteiger partial charge in [-0.1, -0.05) is 6.07 Å². The minimum atomic E-state index is -3.01. The third-order valence-electron chi connectivity index (χ3n) is 3.31. The monoisotopic (exact) mass is 401 g/mol. The number of rotatable bonds is 10. The maximum atomic E-state index is 12.4. The summed E-state index contributed by atoms with van der Waals surface area (Å²) >= 11 is 0. The average molecular weight is 401 g/mol. The molecule has 1 aromatic rings. The van der Waals surface area contributed by atoms with Crippen molar-refractivity contribution in [1.29, 1.82) is 0 Å². The molecule has 0 radical (unpaired) electrons. The van der Waals surface area contributed by atoms with Crippen LogP contribution in [0.4, 0.5) is 8.78 Å². The molecule has 0 saturated carbocycles. The van der Waals surface area contributed by atoms with E-state index in [-0.39, 0.29) is 18.1 Å². The van der Waals surface area contributed by atoms with Gasteiger partial charge in [0.1, 0.15) is 13.1 Å². The van der Waals surface area contributed by atoms with Crippen LogP contribution in [-0.4, -0.2) is 63.3 Å². The summed E-state index contributed by atoms with van der Waals surface area (Å²) in [5, 5.41) is 0. The van der Waals surface area contributed by atoms with Crippen LogP contribution in [0.15, 0.2) is 24.3 Å². The Morgan fingerprint density at radius 2 is 1.68 bits per heavy atom. The molecule has 1 rings (SSSR count). The summed E-state index contributed by atoms with van der Waals surface area (Å²) < 4.78 is 43.5. The maximum absolute atomic E-state index is 12.4. The highest BCUT2D eigenvalue weighted by Crippen LogP contribution is 2.30. The highest BCUT2D eigenvalue weighted by molar-refractivity contribution is 5.95. The van der Waals surface area contributed by atoms with Gasteiger partial charge in [0.05, 0.1) is 20.8 Å². The van der Waals surface area contributed by atoms with E-state index in [1.807, 2.05) is 0 Å². The van der Waals surface area contributed by atoms with Crippen molar-refractivity contribution in [2.45, 2.75) is 13.5 Å². The number of carbonyl (C=O) groups is 3. The number of benzene rings is 1. The van der Waals surface area contributed by atoms with Crippen LogP contribution in [0.2, 0.25) is 0 Å². The smallest absolute Gasteiger partial charge is 0.387 e. The summed E-state index contributed by atoms with van der Waals surface area (Å²) in [6.07, 6.45) is 2.49. The van der Waals surface area contributed by atoms with Crippen molar-refractivity contribution in [3.63, 3.8) is 0 Å². The van der Waals surface area contributed by atoms with Crippen LogP contribution in [0.3, 0.4) is 0 Å². The van der Waals surface area contributed by atoms with Crippen LogP contribution in [0.5, 0.6) is 11.5 Å². The highest BCUT2D eigenvalue weighted by atomic mass is 19.3. The van der Waals surface area contributed by atoms with Crippen molar-refractivity contribution in [3.05, 3.63) is 29.8 Å². The van der Waals surface area contributed by atoms with E-state index in [2.05, 4.69) is 14.2 Å². The molecular formula is C18H21F2NO7. The Bertz CT molecular complexity index is 704. The molecule has 1 amide bonds. The molecule has 28 heavy (non-hydrogen) atoms. The van der Waals surface area contributed by atoms with Crippen LogP contribution in [0.1, 0.15) is 12.5 Å². The van der Waals surface area contributed by atoms with Gasteiger partial charge < -0.3 is 23.8 Å². The number of ether oxygens (including phenoxy) is 4. The number of amides is 1. The minimum Gasteiger partial charge on any atom is -0.490 e. The molecule has 0 fully saturated rings. The van der Waals surface area contributed by atoms with Gasteiger partial charge in [-0.15, -0.1) is 0 Å². The molecule has 0 spiro atoms. The van der Waals surface area contributed by atoms with E-state index in [9.17, 15) is 23.2 Å². The van der Waals surface area contributed by atoms with Crippen molar-refractivity contribution in [2.75, 3.05) is 33.9 Å². The van der Waals surface area contributed by atoms with Gasteiger partial charge in [0.2, 0.25) is 5.91 Å². The molecule has 154 valence electrons. The number of halogens is 2. The Morgan fingerprint density at radius 1 is 1.07 bits per heavy atom. The fourth-order valence-electron chi connectivity index (χ4n) is 2.02. The zero-order valence-corrected chi connectivity index (χ0v) is 15.6. The first-order valence-corrected chi connectivity index (χ1v) is 8.13. The van der Waals surface area contributed by atoms with Crippen molar-refractivity contribution in [1.82, 2.24) is 4.90 Å². The quantitative estimate of drug-likeness (QED) is 0.437. The van der Waals surface area contributed by atoms with E-state index in [0.29, 0.717) is 5.56 Å². The third-order valence-corrected chi connectivity index (χ3v) is 3.31. The Morgan fingerprint density at radius 3 is 2.18 bits per heavy atom. The van der Waals surface area contributed by atoms with Gasteiger partial charge in [-0.2, -0.15) is 8.78 Å². The van der Waals surface area contributed by atoms with Gasteiger partial charge in [-0.05, 0) is 30.7 Å². The lowest BCUT2D eigenvalue weighted by Gasteiger charge is -2.18. The van der Waals surface area contributed by atoms with Crippen LogP contribution < -0.4 is 9.47 Å². The second-order valence-corrected chi connectivity index (χ2v) is 5.20. The first-order chi connectivity index (χ1) is 13.3. The second kappa shape index (κ2) is 11.5. The Kier molecular flexibility index (Phi) is 9.41. The molecule has 0 unspecified atom stereocenters. The van der Waals surface area contributed by atoms with E-state index in [1.165, 1.54) is 24.3 Å². The molecular weight excluding hydrogens is 380 g/mol. The van der Waals surface area contributed by atoms with E-state index in [0.717, 1.165) is 25.2 Å². The largest absolute Gasteiger partial charge is 0.490 e. The number of nitrogens with zero attached hydrogens (tertiary/aromatic N) is 1. The number of methoxy groups -OCH3 is 2. The lowest BCUT2D eigenvalue weighted by Crippen LogP contribution is -2.39. The average Bonchev–Trinajstić information content (AvgIpc) is 2.66. The zero-order chi connectivity index (χ0) is 21.1. The number of esters is 2. The predicted molar refractivity (Wildman–Crippen MR) is 93.9 cm³/mol. The van der Waals surface area contributed by atoms with Gasteiger partial charge in [0.25, 0.3) is 0 Å². The lowest BCUT2D eigenvalue weighted by molar-refractivity contribution is -0.150. The standard InChI is InChI=1S/C18H21F2NO7/c1-4-27-14-9-12(5-7-13(14)28-18(19)20)6-8-15(22)21(10-16(23)25-2)11-17(24)26-3/h5-9,18H,4,10-11H2,1-3H3/b8-6+. The van der Waals surface area contributed by atoms with Crippen molar-refractivity contribution in [2.24, 2.45) is 0 Å². The molecule has 0 aliphatic heterocycles. The van der Waals surface area contributed by atoms with Crippen molar-refractivity contribution < 1.29 is 42.1 Å². The summed E-state index contributed by atoms with van der Waals surface area (Å²) in [5.41, 5.74) is 0.453. The SMILES string of the molecule is CCOc1cc(/C=C/C(=O)N(CC(=O)OC)CC(=O)OC)ccc1OC(F)F. The molecule has 0 aliphatic rings. The van der Waals surface area contributed by atoms with Gasteiger partial charge in [0.15, 0.2) is 11.5 Å². The molecule has 0 atom stereocenters. The summed E-state index contributed by atoms with van der Waals surface area (Å²) in [6, 6.07) is 4.13. The summed E-state index contributed by atoms with van der Waals surface area (Å²) in [6.45, 7) is -2.00. The molecule has 0 saturated heterocycles. The summed E-state index contributed by atoms with van der Waals surface area (Å²) in [5.74, 6) is -2.13. The van der Waals surface area contributed by atoms with Gasteiger partial charge in [0, 0.05) is 6.08 Å². The highest BCUT2D eigenvalue weighted by Gasteiger charge is 2.19. The van der Waals surface area contributed by atoms with Crippen LogP contribution >= 0.6 is 0 Å². The number of carbonyl (C=O) groups excluding carboxylic acids is 3. The lowest BCUT2D eigenvalue weighted by atomic mass is 10.2. The Hall–Kier alpha value is -3.17. The van der Waals surface area contributed by atoms with E-state index < -0.39 is 37.5 Å². The summed E-state index contributed by atoms with van der Waals surface area (Å²) in [7, 11) is 2.30. The number of hydrogen-bond donors (Lipinski definition) is 0. The fraction of sp³-hybridized carbons (Fsp3) is 0.389. The third kappa shape index (κ3) is 7.60. The van der Waals surface area contributed by atoms with Crippen molar-refractivity contribution >= 4 is 23.9 Å². The second-order valence-electron chi connectivity index (χ2n) is 5.20. The Labute approximate surface area is 160 Å². The van der Waals surface area contributed by atoms with Crippen molar-refractivity contribution in [3.8, 4) is 11.5 Å². The fourth-order valence-corrected chi connectivity index (χ4v) is 2.02. The first-order valence-electron chi connectivity index (χ1n) is 8.13. The van der Waals surface area contributed by atoms with Crippen LogP contribution in [-0.2, 0) is 23.9 Å². The zero-order valence-electron chi connectivity index (χ0n) is 15.6. The maximum Gasteiger partial charge on any atom is 0.387 e. The molecule has 8 nitrogen and oxygen atoms in total. The molecule has 0 aromatic heterocycles. The van der Waals surface area contributed by atoms with Gasteiger partial charge in [-0.25, -0.2) is 0 Å². The van der Waals surface area contributed by atoms with E-state index in [1.54, 1.807) is 6.92 Å². The normalized spacial score (nSPS) is 10.6. The molecule has 0 aliphatic carbocycles. The molecule has 10 heteroatoms. The molecule has 0 N–H and O–H groups in total. The van der Waals surface area contributed by atoms with E-state index >= 15 is 0 Å². The summed E-state index contributed by atoms with van der Waals surface area (Å²) in [4.78, 5) is 36.1. The Balaban J connectivity index is 2.98. The molecule has 1 aromatic carbocycles. The number of alkyl halides is 2. The van der Waals surface area contributed by atoms with Gasteiger partial charge in [-0.3, -0.25) is 14.4 Å². The topological polar surface area (TPSA) is 91.4 Å². The van der Waals surface area contributed by atoms with Gasteiger partial charge >= 0.3 is 18.6 Å². The first kappa shape index (κ1) is 22.9.